The zero-order valence-corrected chi connectivity index (χ0v) is 18.5. The zero-order valence-electron chi connectivity index (χ0n) is 16.9. The first kappa shape index (κ1) is 22.8. The van der Waals surface area contributed by atoms with E-state index in [4.69, 9.17) is 4.74 Å². The van der Waals surface area contributed by atoms with Gasteiger partial charge in [-0.1, -0.05) is 6.92 Å². The van der Waals surface area contributed by atoms with Crippen molar-refractivity contribution in [2.75, 3.05) is 44.9 Å². The van der Waals surface area contributed by atoms with Crippen LogP contribution in [0.4, 0.5) is 5.00 Å². The Morgan fingerprint density at radius 3 is 2.50 bits per heavy atom. The van der Waals surface area contributed by atoms with Crippen molar-refractivity contribution in [3.05, 3.63) is 16.5 Å². The molecule has 2 rings (SSSR count). The van der Waals surface area contributed by atoms with Crippen LogP contribution in [-0.2, 0) is 26.0 Å². The van der Waals surface area contributed by atoms with Gasteiger partial charge in [-0.25, -0.2) is 17.5 Å². The monoisotopic (exact) mass is 431 g/mol. The Balaban J connectivity index is 1.93. The Hall–Kier alpha value is -1.49. The number of nitrogens with zero attached hydrogens (tertiary/aromatic N) is 2. The number of piperidine rings is 1. The van der Waals surface area contributed by atoms with Crippen molar-refractivity contribution in [1.82, 2.24) is 9.21 Å². The minimum atomic E-state index is -3.21. The number of aryl methyl sites for hydroxylation is 1. The Labute approximate surface area is 170 Å². The molecular weight excluding hydrogens is 402 g/mol. The van der Waals surface area contributed by atoms with Crippen LogP contribution >= 0.6 is 11.3 Å². The van der Waals surface area contributed by atoms with E-state index in [9.17, 15) is 18.0 Å². The van der Waals surface area contributed by atoms with Gasteiger partial charge in [0.15, 0.2) is 0 Å². The van der Waals surface area contributed by atoms with E-state index in [2.05, 4.69) is 5.32 Å². The third-order valence-electron chi connectivity index (χ3n) is 4.84. The van der Waals surface area contributed by atoms with E-state index in [0.29, 0.717) is 36.5 Å². The highest BCUT2D eigenvalue weighted by Gasteiger charge is 2.28. The third kappa shape index (κ3) is 6.00. The van der Waals surface area contributed by atoms with Gasteiger partial charge in [0.05, 0.1) is 25.0 Å². The Bertz CT molecular complexity index is 798. The first-order valence-corrected chi connectivity index (χ1v) is 12.1. The van der Waals surface area contributed by atoms with Crippen molar-refractivity contribution in [2.45, 2.75) is 39.2 Å². The summed E-state index contributed by atoms with van der Waals surface area (Å²) in [7, 11) is -1.61. The molecule has 0 unspecified atom stereocenters. The number of esters is 1. The number of likely N-dealkylation sites (tertiary alicyclic amines) is 1. The van der Waals surface area contributed by atoms with Crippen LogP contribution in [0.25, 0.3) is 0 Å². The Kier molecular flexibility index (Phi) is 7.99. The molecule has 1 fully saturated rings. The topological polar surface area (TPSA) is 96.0 Å². The van der Waals surface area contributed by atoms with Crippen LogP contribution in [-0.4, -0.2) is 75.1 Å². The molecule has 1 aromatic heterocycles. The fourth-order valence-electron chi connectivity index (χ4n) is 3.15. The van der Waals surface area contributed by atoms with Gasteiger partial charge in [0.25, 0.3) is 0 Å². The van der Waals surface area contributed by atoms with E-state index < -0.39 is 16.0 Å². The number of rotatable bonds is 8. The summed E-state index contributed by atoms with van der Waals surface area (Å²) >= 11 is 1.39. The number of carbonyl (C=O) groups is 2. The molecule has 1 aliphatic rings. The molecule has 2 heterocycles. The van der Waals surface area contributed by atoms with Crippen LogP contribution in [0.2, 0.25) is 0 Å². The number of carbonyl (C=O) groups excluding carboxylic acids is 2. The Morgan fingerprint density at radius 1 is 1.32 bits per heavy atom. The van der Waals surface area contributed by atoms with Crippen LogP contribution in [0.1, 0.15) is 41.9 Å². The highest BCUT2D eigenvalue weighted by atomic mass is 32.2. The average Bonchev–Trinajstić information content (AvgIpc) is 3.04. The first-order chi connectivity index (χ1) is 13.2. The second kappa shape index (κ2) is 9.82. The molecule has 8 nitrogen and oxygen atoms in total. The minimum absolute atomic E-state index is 0.0332. The van der Waals surface area contributed by atoms with Gasteiger partial charge in [-0.3, -0.25) is 9.69 Å². The highest BCUT2D eigenvalue weighted by Crippen LogP contribution is 2.29. The van der Waals surface area contributed by atoms with Gasteiger partial charge >= 0.3 is 5.97 Å². The van der Waals surface area contributed by atoms with Gasteiger partial charge in [0, 0.05) is 31.1 Å². The maximum atomic E-state index is 12.5. The number of hydrogen-bond donors (Lipinski definition) is 1. The van der Waals surface area contributed by atoms with Crippen LogP contribution < -0.4 is 5.32 Å². The molecule has 1 saturated heterocycles. The summed E-state index contributed by atoms with van der Waals surface area (Å²) in [6.07, 6.45) is 3.35. The van der Waals surface area contributed by atoms with Crippen molar-refractivity contribution in [3.8, 4) is 0 Å². The molecule has 1 aromatic rings. The summed E-state index contributed by atoms with van der Waals surface area (Å²) in [5.41, 5.74) is 0.394. The molecule has 1 amide bonds. The molecule has 0 aliphatic carbocycles. The number of anilines is 1. The zero-order chi connectivity index (χ0) is 20.9. The minimum Gasteiger partial charge on any atom is -0.462 e. The molecule has 1 N–H and O–H groups in total. The van der Waals surface area contributed by atoms with Gasteiger partial charge in [0.1, 0.15) is 5.00 Å². The molecule has 0 radical (unpaired) electrons. The smallest absolute Gasteiger partial charge is 0.341 e. The molecule has 0 aromatic carbocycles. The maximum absolute atomic E-state index is 12.5. The van der Waals surface area contributed by atoms with Crippen LogP contribution in [0, 0.1) is 0 Å². The van der Waals surface area contributed by atoms with E-state index in [1.807, 2.05) is 11.8 Å². The van der Waals surface area contributed by atoms with E-state index in [0.717, 1.165) is 11.3 Å². The SMILES string of the molecule is CCOC(=O)c1cc(CC)sc1NC(=O)CN1CCC(N(C)S(C)(=O)=O)CC1. The van der Waals surface area contributed by atoms with Crippen LogP contribution in [0.15, 0.2) is 6.07 Å². The summed E-state index contributed by atoms with van der Waals surface area (Å²) in [5, 5.41) is 3.36. The van der Waals surface area contributed by atoms with E-state index in [1.165, 1.54) is 21.9 Å². The molecule has 0 spiro atoms. The lowest BCUT2D eigenvalue weighted by Crippen LogP contribution is -2.47. The summed E-state index contributed by atoms with van der Waals surface area (Å²) in [5.74, 6) is -0.622. The van der Waals surface area contributed by atoms with Crippen molar-refractivity contribution in [1.29, 1.82) is 0 Å². The van der Waals surface area contributed by atoms with Gasteiger partial charge in [-0.15, -0.1) is 11.3 Å². The molecule has 0 saturated carbocycles. The number of hydrogen-bond acceptors (Lipinski definition) is 7. The molecular formula is C18H29N3O5S2. The highest BCUT2D eigenvalue weighted by molar-refractivity contribution is 7.88. The molecule has 10 heteroatoms. The van der Waals surface area contributed by atoms with Crippen molar-refractivity contribution >= 4 is 38.2 Å². The lowest BCUT2D eigenvalue weighted by atomic mass is 10.1. The Morgan fingerprint density at radius 2 is 1.96 bits per heavy atom. The van der Waals surface area contributed by atoms with Crippen molar-refractivity contribution < 1.29 is 22.7 Å². The molecule has 1 aliphatic heterocycles. The second-order valence-electron chi connectivity index (χ2n) is 6.86. The predicted molar refractivity (Wildman–Crippen MR) is 110 cm³/mol. The first-order valence-electron chi connectivity index (χ1n) is 9.40. The number of thiophene rings is 1. The standard InChI is InChI=1S/C18H29N3O5S2/c1-5-14-11-15(18(23)26-6-2)17(27-14)19-16(22)12-21-9-7-13(8-10-21)20(3)28(4,24)25/h11,13H,5-10,12H2,1-4H3,(H,19,22). The lowest BCUT2D eigenvalue weighted by molar-refractivity contribution is -0.117. The number of amides is 1. The summed E-state index contributed by atoms with van der Waals surface area (Å²) < 4.78 is 29.8. The average molecular weight is 432 g/mol. The normalized spacial score (nSPS) is 16.3. The lowest BCUT2D eigenvalue weighted by Gasteiger charge is -2.35. The van der Waals surface area contributed by atoms with Gasteiger partial charge in [-0.05, 0) is 32.3 Å². The van der Waals surface area contributed by atoms with Gasteiger partial charge < -0.3 is 10.1 Å². The number of ether oxygens (including phenoxy) is 1. The fourth-order valence-corrected chi connectivity index (χ4v) is 4.90. The van der Waals surface area contributed by atoms with Crippen LogP contribution in [0.3, 0.4) is 0 Å². The summed E-state index contributed by atoms with van der Waals surface area (Å²) in [6.45, 7) is 5.51. The van der Waals surface area contributed by atoms with E-state index in [1.54, 1.807) is 20.0 Å². The van der Waals surface area contributed by atoms with Crippen LogP contribution in [0.5, 0.6) is 0 Å². The molecule has 0 bridgehead atoms. The van der Waals surface area contributed by atoms with Crippen molar-refractivity contribution in [2.24, 2.45) is 0 Å². The third-order valence-corrected chi connectivity index (χ3v) is 7.38. The molecule has 0 atom stereocenters. The van der Waals surface area contributed by atoms with Crippen molar-refractivity contribution in [3.63, 3.8) is 0 Å². The molecule has 158 valence electrons. The number of sulfonamides is 1. The van der Waals surface area contributed by atoms with E-state index in [-0.39, 0.29) is 25.1 Å². The predicted octanol–water partition coefficient (Wildman–Crippen LogP) is 1.78. The fraction of sp³-hybridized carbons (Fsp3) is 0.667. The number of nitrogens with one attached hydrogen (secondary N) is 1. The molecule has 28 heavy (non-hydrogen) atoms. The second-order valence-corrected chi connectivity index (χ2v) is 10.0. The largest absolute Gasteiger partial charge is 0.462 e. The van der Waals surface area contributed by atoms with E-state index >= 15 is 0 Å². The van der Waals surface area contributed by atoms with Gasteiger partial charge in [0.2, 0.25) is 15.9 Å². The van der Waals surface area contributed by atoms with Gasteiger partial charge in [-0.2, -0.15) is 0 Å². The quantitative estimate of drug-likeness (QED) is 0.631. The maximum Gasteiger partial charge on any atom is 0.341 e. The summed E-state index contributed by atoms with van der Waals surface area (Å²) in [6, 6.07) is 1.74. The summed E-state index contributed by atoms with van der Waals surface area (Å²) in [4.78, 5) is 27.6.